The summed E-state index contributed by atoms with van der Waals surface area (Å²) in [5, 5.41) is 3.70. The molecule has 0 spiro atoms. The molecule has 0 fully saturated rings. The number of H-pyrrole nitrogens is 1. The minimum absolute atomic E-state index is 0.168. The highest BCUT2D eigenvalue weighted by Gasteiger charge is 2.46. The van der Waals surface area contributed by atoms with E-state index in [9.17, 15) is 0 Å². The van der Waals surface area contributed by atoms with Crippen LogP contribution in [0, 0.1) is 13.8 Å². The molecule has 1 aliphatic rings. The van der Waals surface area contributed by atoms with Crippen molar-refractivity contribution in [1.82, 2.24) is 4.98 Å². The first-order valence-corrected chi connectivity index (χ1v) is 23.9. The molecule has 0 saturated heterocycles. The SMILES string of the molecule is CC.Cc1ccc(-c2ccc(-c3ccccc3)[nH]2)cc1.Cc1ccccc1NC(C)c1ccc(N(c2ccccc2)c2ccc3c(c2)C(c2ccccc2)(c2ccccc2)c2ccccc2-3)cc1. The van der Waals surface area contributed by atoms with Gasteiger partial charge in [0, 0.05) is 40.2 Å². The Morgan fingerprint density at radius 2 is 0.912 bits per heavy atom. The van der Waals surface area contributed by atoms with Gasteiger partial charge >= 0.3 is 0 Å². The van der Waals surface area contributed by atoms with Crippen LogP contribution in [0.2, 0.25) is 0 Å². The van der Waals surface area contributed by atoms with E-state index < -0.39 is 5.41 Å². The number of nitrogens with one attached hydrogen (secondary N) is 2. The smallest absolute Gasteiger partial charge is 0.0714 e. The Hall–Kier alpha value is -8.14. The van der Waals surface area contributed by atoms with E-state index in [1.165, 1.54) is 66.9 Å². The fourth-order valence-corrected chi connectivity index (χ4v) is 9.64. The van der Waals surface area contributed by atoms with Crippen LogP contribution in [0.1, 0.15) is 65.8 Å². The largest absolute Gasteiger partial charge is 0.378 e. The lowest BCUT2D eigenvalue weighted by atomic mass is 9.67. The number of aromatic nitrogens is 1. The number of benzene rings is 9. The molecule has 10 aromatic rings. The van der Waals surface area contributed by atoms with Gasteiger partial charge in [-0.3, -0.25) is 0 Å². The van der Waals surface area contributed by atoms with Gasteiger partial charge in [-0.1, -0.05) is 214 Å². The summed E-state index contributed by atoms with van der Waals surface area (Å²) in [5.41, 5.74) is 20.3. The third kappa shape index (κ3) is 9.04. The molecule has 11 rings (SSSR count). The molecule has 334 valence electrons. The standard InChI is InChI=1S/C46H38N2.C17H15N.C2H6/c1-33-16-12-15-25-45(33)47-34(2)35-26-28-39(29-27-35)48(38-21-10-5-11-22-38)40-30-31-42-41-23-13-14-24-43(41)46(44(42)32-40,36-17-6-3-7-18-36)37-19-8-4-9-20-37;1-13-7-9-15(10-8-13)17-12-11-16(18-17)14-5-3-2-4-6-14;1-2/h3-32,34,47H,1-2H3;2-12,18H,1H3;1-2H3. The zero-order chi connectivity index (χ0) is 46.9. The first kappa shape index (κ1) is 45.0. The van der Waals surface area contributed by atoms with E-state index in [0.29, 0.717) is 0 Å². The molecule has 0 aliphatic heterocycles. The van der Waals surface area contributed by atoms with Crippen LogP contribution in [0.5, 0.6) is 0 Å². The van der Waals surface area contributed by atoms with E-state index in [2.05, 4.69) is 279 Å². The van der Waals surface area contributed by atoms with Crippen LogP contribution < -0.4 is 10.2 Å². The van der Waals surface area contributed by atoms with Gasteiger partial charge in [-0.05, 0) is 131 Å². The van der Waals surface area contributed by atoms with Crippen molar-refractivity contribution < 1.29 is 0 Å². The van der Waals surface area contributed by atoms with Gasteiger partial charge in [0.15, 0.2) is 0 Å². The molecule has 0 radical (unpaired) electrons. The number of aromatic amines is 1. The van der Waals surface area contributed by atoms with E-state index >= 15 is 0 Å². The van der Waals surface area contributed by atoms with Crippen molar-refractivity contribution in [2.45, 2.75) is 46.1 Å². The van der Waals surface area contributed by atoms with E-state index in [1.54, 1.807) is 0 Å². The number of para-hydroxylation sites is 2. The molecule has 9 aromatic carbocycles. The quantitative estimate of drug-likeness (QED) is 0.143. The highest BCUT2D eigenvalue weighted by Crippen LogP contribution is 2.57. The molecule has 2 N–H and O–H groups in total. The van der Waals surface area contributed by atoms with Crippen LogP contribution in [0.25, 0.3) is 33.6 Å². The van der Waals surface area contributed by atoms with Gasteiger partial charge in [0.05, 0.1) is 5.41 Å². The molecule has 1 aromatic heterocycles. The lowest BCUT2D eigenvalue weighted by Crippen LogP contribution is -2.28. The Labute approximate surface area is 403 Å². The molecule has 0 bridgehead atoms. The van der Waals surface area contributed by atoms with Crippen molar-refractivity contribution >= 4 is 22.7 Å². The highest BCUT2D eigenvalue weighted by molar-refractivity contribution is 5.89. The number of anilines is 4. The Balaban J connectivity index is 0.000000241. The van der Waals surface area contributed by atoms with Crippen LogP contribution in [0.3, 0.4) is 0 Å². The molecule has 3 heteroatoms. The molecule has 0 amide bonds. The van der Waals surface area contributed by atoms with E-state index in [-0.39, 0.29) is 6.04 Å². The maximum Gasteiger partial charge on any atom is 0.0714 e. The van der Waals surface area contributed by atoms with Gasteiger partial charge in [-0.25, -0.2) is 0 Å². The fraction of sp³-hybridized carbons (Fsp3) is 0.108. The minimum atomic E-state index is -0.451. The number of hydrogen-bond acceptors (Lipinski definition) is 2. The van der Waals surface area contributed by atoms with Crippen molar-refractivity contribution in [3.05, 3.63) is 288 Å². The highest BCUT2D eigenvalue weighted by atomic mass is 15.1. The van der Waals surface area contributed by atoms with E-state index in [4.69, 9.17) is 0 Å². The Kier molecular flexibility index (Phi) is 13.6. The fourth-order valence-electron chi connectivity index (χ4n) is 9.64. The lowest BCUT2D eigenvalue weighted by Gasteiger charge is -2.35. The van der Waals surface area contributed by atoms with Gasteiger partial charge < -0.3 is 15.2 Å². The molecule has 1 aliphatic carbocycles. The monoisotopic (exact) mass is 881 g/mol. The second-order valence-corrected chi connectivity index (χ2v) is 17.2. The Morgan fingerprint density at radius 3 is 1.53 bits per heavy atom. The molecule has 1 atom stereocenters. The average molecular weight is 882 g/mol. The topological polar surface area (TPSA) is 31.1 Å². The van der Waals surface area contributed by atoms with Crippen molar-refractivity contribution in [3.63, 3.8) is 0 Å². The predicted octanol–water partition coefficient (Wildman–Crippen LogP) is 17.7. The molecular weight excluding hydrogens is 823 g/mol. The van der Waals surface area contributed by atoms with E-state index in [1.807, 2.05) is 19.9 Å². The maximum absolute atomic E-state index is 3.70. The molecule has 0 saturated carbocycles. The summed E-state index contributed by atoms with van der Waals surface area (Å²) in [5.74, 6) is 0. The summed E-state index contributed by atoms with van der Waals surface area (Å²) in [6.07, 6.45) is 0. The summed E-state index contributed by atoms with van der Waals surface area (Å²) in [7, 11) is 0. The normalized spacial score (nSPS) is 12.2. The summed E-state index contributed by atoms with van der Waals surface area (Å²) in [4.78, 5) is 5.85. The van der Waals surface area contributed by atoms with Crippen LogP contribution >= 0.6 is 0 Å². The van der Waals surface area contributed by atoms with Crippen LogP contribution in [-0.2, 0) is 5.41 Å². The summed E-state index contributed by atoms with van der Waals surface area (Å²) in [6, 6.07) is 89.5. The zero-order valence-corrected chi connectivity index (χ0v) is 39.7. The van der Waals surface area contributed by atoms with Gasteiger partial charge in [0.2, 0.25) is 0 Å². The maximum atomic E-state index is 3.70. The second-order valence-electron chi connectivity index (χ2n) is 17.2. The Bertz CT molecular complexity index is 3130. The number of hydrogen-bond donors (Lipinski definition) is 2. The number of rotatable bonds is 10. The van der Waals surface area contributed by atoms with Crippen molar-refractivity contribution in [1.29, 1.82) is 0 Å². The number of aryl methyl sites for hydroxylation is 2. The third-order valence-corrected chi connectivity index (χ3v) is 13.0. The Morgan fingerprint density at radius 1 is 0.426 bits per heavy atom. The first-order chi connectivity index (χ1) is 33.5. The molecule has 1 heterocycles. The van der Waals surface area contributed by atoms with Gasteiger partial charge in [0.25, 0.3) is 0 Å². The van der Waals surface area contributed by atoms with Crippen molar-refractivity contribution in [2.24, 2.45) is 0 Å². The van der Waals surface area contributed by atoms with Gasteiger partial charge in [-0.2, -0.15) is 0 Å². The molecule has 1 unspecified atom stereocenters. The zero-order valence-electron chi connectivity index (χ0n) is 39.7. The number of nitrogens with zero attached hydrogens (tertiary/aromatic N) is 1. The first-order valence-electron chi connectivity index (χ1n) is 23.9. The predicted molar refractivity (Wildman–Crippen MR) is 289 cm³/mol. The summed E-state index contributed by atoms with van der Waals surface area (Å²) < 4.78 is 0. The lowest BCUT2D eigenvalue weighted by molar-refractivity contribution is 0.768. The summed E-state index contributed by atoms with van der Waals surface area (Å²) >= 11 is 0. The van der Waals surface area contributed by atoms with Crippen molar-refractivity contribution in [3.8, 4) is 33.6 Å². The van der Waals surface area contributed by atoms with Gasteiger partial charge in [0.1, 0.15) is 0 Å². The van der Waals surface area contributed by atoms with Gasteiger partial charge in [-0.15, -0.1) is 0 Å². The minimum Gasteiger partial charge on any atom is -0.378 e. The van der Waals surface area contributed by atoms with Crippen molar-refractivity contribution in [2.75, 3.05) is 10.2 Å². The number of fused-ring (bicyclic) bond motifs is 3. The second kappa shape index (κ2) is 20.6. The summed E-state index contributed by atoms with van der Waals surface area (Å²) in [6.45, 7) is 10.5. The molecule has 3 nitrogen and oxygen atoms in total. The van der Waals surface area contributed by atoms with Crippen LogP contribution in [-0.4, -0.2) is 4.98 Å². The molecular formula is C65H59N3. The van der Waals surface area contributed by atoms with Crippen LogP contribution in [0.4, 0.5) is 22.7 Å². The van der Waals surface area contributed by atoms with Crippen LogP contribution in [0.15, 0.2) is 249 Å². The average Bonchev–Trinajstić information content (AvgIpc) is 4.02. The molecule has 68 heavy (non-hydrogen) atoms. The van der Waals surface area contributed by atoms with E-state index in [0.717, 1.165) is 28.5 Å². The third-order valence-electron chi connectivity index (χ3n) is 13.0.